The molecule has 0 saturated heterocycles. The Morgan fingerprint density at radius 2 is 1.67 bits per heavy atom. The smallest absolute Gasteiger partial charge is 0.119 e. The van der Waals surface area contributed by atoms with Crippen LogP contribution in [0.1, 0.15) is 52.6 Å². The number of benzene rings is 1. The van der Waals surface area contributed by atoms with Gasteiger partial charge in [-0.2, -0.15) is 0 Å². The van der Waals surface area contributed by atoms with Crippen molar-refractivity contribution < 1.29 is 4.74 Å². The minimum atomic E-state index is 0.256. The zero-order valence-corrected chi connectivity index (χ0v) is 12.4. The third-order valence-corrected chi connectivity index (χ3v) is 3.34. The summed E-state index contributed by atoms with van der Waals surface area (Å²) in [7, 11) is 0. The van der Waals surface area contributed by atoms with Gasteiger partial charge in [0.05, 0.1) is 6.10 Å². The van der Waals surface area contributed by atoms with Crippen LogP contribution < -0.4 is 10.1 Å². The summed E-state index contributed by atoms with van der Waals surface area (Å²) < 4.78 is 5.87. The Morgan fingerprint density at radius 3 is 2.17 bits per heavy atom. The summed E-state index contributed by atoms with van der Waals surface area (Å²) in [6.07, 6.45) is 1.42. The highest BCUT2D eigenvalue weighted by Crippen LogP contribution is 2.20. The molecule has 0 fully saturated rings. The predicted molar refractivity (Wildman–Crippen MR) is 78.1 cm³/mol. The van der Waals surface area contributed by atoms with E-state index in [2.05, 4.69) is 64.2 Å². The van der Waals surface area contributed by atoms with E-state index in [4.69, 9.17) is 4.74 Å². The van der Waals surface area contributed by atoms with Crippen molar-refractivity contribution in [1.82, 2.24) is 5.32 Å². The second-order valence-corrected chi connectivity index (χ2v) is 5.31. The average Bonchev–Trinajstić information content (AvgIpc) is 2.36. The van der Waals surface area contributed by atoms with Crippen LogP contribution in [0.15, 0.2) is 24.3 Å². The fraction of sp³-hybridized carbons (Fsp3) is 0.625. The van der Waals surface area contributed by atoms with E-state index in [1.165, 1.54) is 5.56 Å². The van der Waals surface area contributed by atoms with Gasteiger partial charge in [0, 0.05) is 6.04 Å². The molecule has 0 aliphatic heterocycles. The first-order chi connectivity index (χ1) is 8.54. The van der Waals surface area contributed by atoms with Crippen LogP contribution in [0.25, 0.3) is 0 Å². The number of hydrogen-bond donors (Lipinski definition) is 1. The van der Waals surface area contributed by atoms with Crippen molar-refractivity contribution in [1.29, 1.82) is 0 Å². The first-order valence-corrected chi connectivity index (χ1v) is 7.04. The fourth-order valence-corrected chi connectivity index (χ4v) is 1.66. The third kappa shape index (κ3) is 4.69. The minimum absolute atomic E-state index is 0.256. The van der Waals surface area contributed by atoms with E-state index in [9.17, 15) is 0 Å². The Labute approximate surface area is 112 Å². The molecule has 0 bridgehead atoms. The second kappa shape index (κ2) is 7.42. The molecule has 102 valence electrons. The zero-order chi connectivity index (χ0) is 13.5. The van der Waals surface area contributed by atoms with Crippen LogP contribution >= 0.6 is 0 Å². The largest absolute Gasteiger partial charge is 0.490 e. The van der Waals surface area contributed by atoms with Crippen LogP contribution in [0.5, 0.6) is 5.75 Å². The zero-order valence-electron chi connectivity index (χ0n) is 12.4. The van der Waals surface area contributed by atoms with Gasteiger partial charge in [-0.15, -0.1) is 0 Å². The molecule has 1 rings (SSSR count). The molecule has 0 aromatic heterocycles. The first kappa shape index (κ1) is 15.0. The van der Waals surface area contributed by atoms with E-state index < -0.39 is 0 Å². The van der Waals surface area contributed by atoms with Gasteiger partial charge in [0.25, 0.3) is 0 Å². The van der Waals surface area contributed by atoms with Gasteiger partial charge in [0.15, 0.2) is 0 Å². The summed E-state index contributed by atoms with van der Waals surface area (Å²) in [5, 5.41) is 3.49. The molecule has 0 spiro atoms. The molecule has 0 aliphatic carbocycles. The Kier molecular flexibility index (Phi) is 6.20. The van der Waals surface area contributed by atoms with Gasteiger partial charge < -0.3 is 10.1 Å². The Morgan fingerprint density at radius 1 is 1.06 bits per heavy atom. The van der Waals surface area contributed by atoms with Crippen LogP contribution in [-0.2, 0) is 0 Å². The molecule has 18 heavy (non-hydrogen) atoms. The van der Waals surface area contributed by atoms with E-state index in [-0.39, 0.29) is 6.10 Å². The summed E-state index contributed by atoms with van der Waals surface area (Å²) in [5.41, 5.74) is 1.31. The van der Waals surface area contributed by atoms with Gasteiger partial charge in [-0.1, -0.05) is 32.9 Å². The maximum atomic E-state index is 5.87. The highest BCUT2D eigenvalue weighted by atomic mass is 16.5. The van der Waals surface area contributed by atoms with E-state index in [0.717, 1.165) is 18.7 Å². The summed E-state index contributed by atoms with van der Waals surface area (Å²) >= 11 is 0. The molecular formula is C16H27NO. The normalized spacial score (nSPS) is 14.6. The van der Waals surface area contributed by atoms with E-state index >= 15 is 0 Å². The van der Waals surface area contributed by atoms with Crippen molar-refractivity contribution in [2.24, 2.45) is 5.92 Å². The van der Waals surface area contributed by atoms with E-state index in [0.29, 0.717) is 12.0 Å². The summed E-state index contributed by atoms with van der Waals surface area (Å²) in [5.74, 6) is 1.50. The highest BCUT2D eigenvalue weighted by molar-refractivity contribution is 5.29. The molecule has 0 aliphatic rings. The van der Waals surface area contributed by atoms with Gasteiger partial charge >= 0.3 is 0 Å². The first-order valence-electron chi connectivity index (χ1n) is 7.04. The maximum Gasteiger partial charge on any atom is 0.119 e. The third-order valence-electron chi connectivity index (χ3n) is 3.34. The SMILES string of the molecule is CCCNC(C)c1ccc(OC(C)C(C)C)cc1. The lowest BCUT2D eigenvalue weighted by Gasteiger charge is -2.19. The summed E-state index contributed by atoms with van der Waals surface area (Å²) in [6.45, 7) is 11.9. The standard InChI is InChI=1S/C16H27NO/c1-6-11-17-13(4)15-7-9-16(10-8-15)18-14(5)12(2)3/h7-10,12-14,17H,6,11H2,1-5H3. The quantitative estimate of drug-likeness (QED) is 0.783. The lowest BCUT2D eigenvalue weighted by atomic mass is 10.1. The Hall–Kier alpha value is -1.02. The molecule has 0 saturated carbocycles. The van der Waals surface area contributed by atoms with Crippen LogP contribution in [0.3, 0.4) is 0 Å². The lowest BCUT2D eigenvalue weighted by Crippen LogP contribution is -2.20. The molecule has 1 aromatic carbocycles. The van der Waals surface area contributed by atoms with Crippen molar-refractivity contribution in [2.45, 2.75) is 53.2 Å². The molecule has 2 heteroatoms. The van der Waals surface area contributed by atoms with E-state index in [1.807, 2.05) is 0 Å². The van der Waals surface area contributed by atoms with Gasteiger partial charge in [-0.05, 0) is 50.4 Å². The summed E-state index contributed by atoms with van der Waals surface area (Å²) in [6, 6.07) is 8.84. The van der Waals surface area contributed by atoms with Crippen molar-refractivity contribution in [2.75, 3.05) is 6.54 Å². The Bertz CT molecular complexity index is 331. The number of ether oxygens (including phenoxy) is 1. The molecule has 2 nitrogen and oxygen atoms in total. The second-order valence-electron chi connectivity index (χ2n) is 5.31. The molecule has 1 N–H and O–H groups in total. The van der Waals surface area contributed by atoms with Crippen LogP contribution in [-0.4, -0.2) is 12.6 Å². The summed E-state index contributed by atoms with van der Waals surface area (Å²) in [4.78, 5) is 0. The molecule has 2 unspecified atom stereocenters. The number of nitrogens with one attached hydrogen (secondary N) is 1. The minimum Gasteiger partial charge on any atom is -0.490 e. The van der Waals surface area contributed by atoms with Gasteiger partial charge in [0.2, 0.25) is 0 Å². The molecule has 1 aromatic rings. The van der Waals surface area contributed by atoms with Gasteiger partial charge in [-0.25, -0.2) is 0 Å². The van der Waals surface area contributed by atoms with Crippen LogP contribution in [0, 0.1) is 5.92 Å². The van der Waals surface area contributed by atoms with Gasteiger partial charge in [-0.3, -0.25) is 0 Å². The number of rotatable bonds is 7. The highest BCUT2D eigenvalue weighted by Gasteiger charge is 2.09. The molecule has 0 amide bonds. The van der Waals surface area contributed by atoms with Crippen molar-refractivity contribution in [3.63, 3.8) is 0 Å². The Balaban J connectivity index is 2.56. The monoisotopic (exact) mass is 249 g/mol. The molecular weight excluding hydrogens is 222 g/mol. The van der Waals surface area contributed by atoms with Crippen molar-refractivity contribution >= 4 is 0 Å². The topological polar surface area (TPSA) is 21.3 Å². The van der Waals surface area contributed by atoms with Crippen LogP contribution in [0.4, 0.5) is 0 Å². The van der Waals surface area contributed by atoms with Crippen LogP contribution in [0.2, 0.25) is 0 Å². The fourth-order valence-electron chi connectivity index (χ4n) is 1.66. The molecule has 2 atom stereocenters. The van der Waals surface area contributed by atoms with Gasteiger partial charge in [0.1, 0.15) is 5.75 Å². The number of hydrogen-bond acceptors (Lipinski definition) is 2. The van der Waals surface area contributed by atoms with Crippen molar-refractivity contribution in [3.05, 3.63) is 29.8 Å². The predicted octanol–water partition coefficient (Wildman–Crippen LogP) is 4.17. The molecule has 0 heterocycles. The van der Waals surface area contributed by atoms with E-state index in [1.54, 1.807) is 0 Å². The lowest BCUT2D eigenvalue weighted by molar-refractivity contribution is 0.170. The molecule has 0 radical (unpaired) electrons. The average molecular weight is 249 g/mol. The maximum absolute atomic E-state index is 5.87. The van der Waals surface area contributed by atoms with Crippen molar-refractivity contribution in [3.8, 4) is 5.75 Å².